The van der Waals surface area contributed by atoms with Crippen LogP contribution >= 0.6 is 15.9 Å². The van der Waals surface area contributed by atoms with Crippen LogP contribution in [0.5, 0.6) is 5.75 Å². The number of aromatic nitrogens is 2. The third kappa shape index (κ3) is 3.60. The Morgan fingerprint density at radius 1 is 1.48 bits per heavy atom. The Kier molecular flexibility index (Phi) is 4.62. The van der Waals surface area contributed by atoms with Gasteiger partial charge in [-0.15, -0.1) is 0 Å². The Bertz CT molecular complexity index is 667. The normalized spacial score (nSPS) is 10.9. The van der Waals surface area contributed by atoms with Crippen LogP contribution in [-0.2, 0) is 6.61 Å². The van der Waals surface area contributed by atoms with Crippen molar-refractivity contribution in [3.63, 3.8) is 0 Å². The van der Waals surface area contributed by atoms with Gasteiger partial charge in [0.2, 0.25) is 0 Å². The molecule has 1 aromatic heterocycles. The van der Waals surface area contributed by atoms with Gasteiger partial charge in [-0.05, 0) is 24.6 Å². The van der Waals surface area contributed by atoms with E-state index < -0.39 is 5.97 Å². The van der Waals surface area contributed by atoms with Gasteiger partial charge in [0.25, 0.3) is 5.89 Å². The number of carboxylic acid groups (broad SMARTS) is 1. The van der Waals surface area contributed by atoms with Crippen molar-refractivity contribution in [1.82, 2.24) is 10.1 Å². The van der Waals surface area contributed by atoms with Crippen molar-refractivity contribution in [2.45, 2.75) is 33.3 Å². The molecule has 0 aliphatic carbocycles. The summed E-state index contributed by atoms with van der Waals surface area (Å²) in [5.74, 6) is 0.321. The van der Waals surface area contributed by atoms with E-state index >= 15 is 0 Å². The smallest absolute Gasteiger partial charge is 0.339 e. The summed E-state index contributed by atoms with van der Waals surface area (Å²) in [6, 6.07) is 3.28. The molecule has 2 aromatic rings. The molecule has 0 spiro atoms. The maximum atomic E-state index is 11.3. The molecule has 0 fully saturated rings. The quantitative estimate of drug-likeness (QED) is 0.883. The molecule has 0 aliphatic heterocycles. The highest BCUT2D eigenvalue weighted by Crippen LogP contribution is 2.28. The maximum Gasteiger partial charge on any atom is 0.339 e. The Labute approximate surface area is 130 Å². The average molecular weight is 355 g/mol. The number of ether oxygens (including phenoxy) is 1. The van der Waals surface area contributed by atoms with Crippen molar-refractivity contribution >= 4 is 21.9 Å². The number of aromatic carboxylic acids is 1. The van der Waals surface area contributed by atoms with Crippen LogP contribution in [0.15, 0.2) is 21.1 Å². The molecule has 0 radical (unpaired) electrons. The number of carbonyl (C=O) groups is 1. The van der Waals surface area contributed by atoms with Gasteiger partial charge < -0.3 is 14.4 Å². The third-order valence-electron chi connectivity index (χ3n) is 2.81. The van der Waals surface area contributed by atoms with Gasteiger partial charge in [-0.25, -0.2) is 4.79 Å². The second-order valence-corrected chi connectivity index (χ2v) is 5.81. The summed E-state index contributed by atoms with van der Waals surface area (Å²) in [6.45, 7) is 5.72. The van der Waals surface area contributed by atoms with E-state index in [2.05, 4.69) is 26.1 Å². The first-order chi connectivity index (χ1) is 9.88. The molecule has 0 bridgehead atoms. The van der Waals surface area contributed by atoms with Crippen LogP contribution in [-0.4, -0.2) is 21.2 Å². The lowest BCUT2D eigenvalue weighted by Crippen LogP contribution is -2.05. The summed E-state index contributed by atoms with van der Waals surface area (Å²) in [7, 11) is 0. The maximum absolute atomic E-state index is 11.3. The average Bonchev–Trinajstić information content (AvgIpc) is 2.85. The number of halogens is 1. The molecule has 0 atom stereocenters. The SMILES string of the molecule is Cc1cc(Br)cc(C(=O)O)c1OCc1nc(C(C)C)no1. The molecular formula is C14H15BrN2O4. The fourth-order valence-electron chi connectivity index (χ4n) is 1.78. The van der Waals surface area contributed by atoms with E-state index in [1.54, 1.807) is 13.0 Å². The lowest BCUT2D eigenvalue weighted by molar-refractivity contribution is 0.0690. The van der Waals surface area contributed by atoms with Gasteiger partial charge in [-0.3, -0.25) is 0 Å². The van der Waals surface area contributed by atoms with E-state index in [0.29, 0.717) is 27.5 Å². The van der Waals surface area contributed by atoms with Gasteiger partial charge >= 0.3 is 5.97 Å². The van der Waals surface area contributed by atoms with Gasteiger partial charge in [-0.2, -0.15) is 4.98 Å². The van der Waals surface area contributed by atoms with Crippen LogP contribution in [0.3, 0.4) is 0 Å². The van der Waals surface area contributed by atoms with E-state index in [9.17, 15) is 9.90 Å². The molecule has 1 aromatic carbocycles. The fraction of sp³-hybridized carbons (Fsp3) is 0.357. The Morgan fingerprint density at radius 3 is 2.76 bits per heavy atom. The van der Waals surface area contributed by atoms with Crippen LogP contribution in [0, 0.1) is 6.92 Å². The summed E-state index contributed by atoms with van der Waals surface area (Å²) >= 11 is 3.27. The standard InChI is InChI=1S/C14H15BrN2O4/c1-7(2)13-16-11(21-17-13)6-20-12-8(3)4-9(15)5-10(12)14(18)19/h4-5,7H,6H2,1-3H3,(H,18,19). The van der Waals surface area contributed by atoms with Crippen LogP contribution in [0.2, 0.25) is 0 Å². The summed E-state index contributed by atoms with van der Waals surface area (Å²) in [5.41, 5.74) is 0.802. The zero-order valence-electron chi connectivity index (χ0n) is 11.9. The first-order valence-corrected chi connectivity index (χ1v) is 7.16. The van der Waals surface area contributed by atoms with E-state index in [-0.39, 0.29) is 18.1 Å². The molecule has 6 nitrogen and oxygen atoms in total. The number of rotatable bonds is 5. The zero-order chi connectivity index (χ0) is 15.6. The molecule has 0 saturated heterocycles. The molecular weight excluding hydrogens is 340 g/mol. The largest absolute Gasteiger partial charge is 0.483 e. The predicted octanol–water partition coefficient (Wildman–Crippen LogP) is 3.54. The molecule has 0 aliphatic rings. The Morgan fingerprint density at radius 2 is 2.19 bits per heavy atom. The Hall–Kier alpha value is -1.89. The lowest BCUT2D eigenvalue weighted by atomic mass is 10.1. The van der Waals surface area contributed by atoms with Crippen LogP contribution in [0.1, 0.15) is 47.4 Å². The number of carboxylic acids is 1. The summed E-state index contributed by atoms with van der Waals surface area (Å²) in [6.07, 6.45) is 0. The minimum Gasteiger partial charge on any atom is -0.483 e. The van der Waals surface area contributed by atoms with E-state index in [0.717, 1.165) is 0 Å². The molecule has 0 saturated carbocycles. The summed E-state index contributed by atoms with van der Waals surface area (Å²) < 4.78 is 11.3. The molecule has 1 N–H and O–H groups in total. The molecule has 21 heavy (non-hydrogen) atoms. The van der Waals surface area contributed by atoms with Crippen LogP contribution in [0.25, 0.3) is 0 Å². The lowest BCUT2D eigenvalue weighted by Gasteiger charge is -2.11. The van der Waals surface area contributed by atoms with Crippen LogP contribution in [0.4, 0.5) is 0 Å². The number of hydrogen-bond donors (Lipinski definition) is 1. The second-order valence-electron chi connectivity index (χ2n) is 4.89. The van der Waals surface area contributed by atoms with Gasteiger partial charge in [0.15, 0.2) is 12.4 Å². The fourth-order valence-corrected chi connectivity index (χ4v) is 2.35. The van der Waals surface area contributed by atoms with Gasteiger partial charge in [0, 0.05) is 10.4 Å². The molecule has 2 rings (SSSR count). The minimum absolute atomic E-state index is 0.0302. The first kappa shape index (κ1) is 15.5. The monoisotopic (exact) mass is 354 g/mol. The highest BCUT2D eigenvalue weighted by atomic mass is 79.9. The summed E-state index contributed by atoms with van der Waals surface area (Å²) in [5, 5.41) is 13.1. The van der Waals surface area contributed by atoms with Crippen molar-refractivity contribution in [3.05, 3.63) is 39.4 Å². The zero-order valence-corrected chi connectivity index (χ0v) is 13.5. The van der Waals surface area contributed by atoms with E-state index in [1.165, 1.54) is 6.07 Å². The highest BCUT2D eigenvalue weighted by Gasteiger charge is 2.17. The molecule has 0 unspecified atom stereocenters. The van der Waals surface area contributed by atoms with E-state index in [4.69, 9.17) is 9.26 Å². The number of benzene rings is 1. The molecule has 7 heteroatoms. The van der Waals surface area contributed by atoms with Crippen molar-refractivity contribution in [2.75, 3.05) is 0 Å². The topological polar surface area (TPSA) is 85.5 Å². The van der Waals surface area contributed by atoms with Gasteiger partial charge in [0.1, 0.15) is 11.3 Å². The van der Waals surface area contributed by atoms with Crippen molar-refractivity contribution in [3.8, 4) is 5.75 Å². The molecule has 112 valence electrons. The molecule has 1 heterocycles. The third-order valence-corrected chi connectivity index (χ3v) is 3.27. The van der Waals surface area contributed by atoms with Crippen LogP contribution < -0.4 is 4.74 Å². The number of nitrogens with zero attached hydrogens (tertiary/aromatic N) is 2. The number of hydrogen-bond acceptors (Lipinski definition) is 5. The summed E-state index contributed by atoms with van der Waals surface area (Å²) in [4.78, 5) is 15.5. The predicted molar refractivity (Wildman–Crippen MR) is 78.6 cm³/mol. The van der Waals surface area contributed by atoms with Gasteiger partial charge in [-0.1, -0.05) is 34.9 Å². The Balaban J connectivity index is 2.21. The minimum atomic E-state index is -1.05. The first-order valence-electron chi connectivity index (χ1n) is 6.37. The second kappa shape index (κ2) is 6.26. The number of aryl methyl sites for hydroxylation is 1. The van der Waals surface area contributed by atoms with Crippen molar-refractivity contribution in [2.24, 2.45) is 0 Å². The van der Waals surface area contributed by atoms with E-state index in [1.807, 2.05) is 13.8 Å². The molecule has 0 amide bonds. The van der Waals surface area contributed by atoms with Gasteiger partial charge in [0.05, 0.1) is 0 Å². The van der Waals surface area contributed by atoms with Crippen molar-refractivity contribution in [1.29, 1.82) is 0 Å². The van der Waals surface area contributed by atoms with Crippen molar-refractivity contribution < 1.29 is 19.2 Å². The highest BCUT2D eigenvalue weighted by molar-refractivity contribution is 9.10.